The molecule has 0 atom stereocenters. The van der Waals surface area contributed by atoms with Gasteiger partial charge in [0, 0.05) is 17.8 Å². The summed E-state index contributed by atoms with van der Waals surface area (Å²) in [6.45, 7) is -1.07. The molecule has 0 spiro atoms. The third kappa shape index (κ3) is 5.97. The van der Waals surface area contributed by atoms with E-state index >= 15 is 0 Å². The number of amides is 1. The molecule has 0 unspecified atom stereocenters. The molecule has 0 radical (unpaired) electrons. The Labute approximate surface area is 163 Å². The Balaban J connectivity index is 2.01. The van der Waals surface area contributed by atoms with Gasteiger partial charge in [-0.25, -0.2) is 8.42 Å². The van der Waals surface area contributed by atoms with Gasteiger partial charge in [0.1, 0.15) is 6.54 Å². The van der Waals surface area contributed by atoms with E-state index < -0.39 is 35.1 Å². The van der Waals surface area contributed by atoms with Gasteiger partial charge < -0.3 is 9.64 Å². The fourth-order valence-electron chi connectivity index (χ4n) is 2.23. The molecule has 2 aromatic rings. The fraction of sp³-hybridized carbons (Fsp3) is 0.222. The highest BCUT2D eigenvalue weighted by Gasteiger charge is 2.23. The van der Waals surface area contributed by atoms with Crippen LogP contribution in [0.5, 0.6) is 0 Å². The van der Waals surface area contributed by atoms with Crippen molar-refractivity contribution in [3.05, 3.63) is 59.6 Å². The molecule has 2 aromatic carbocycles. The van der Waals surface area contributed by atoms with Crippen LogP contribution >= 0.6 is 11.6 Å². The minimum Gasteiger partial charge on any atom is -0.454 e. The second-order valence-corrected chi connectivity index (χ2v) is 8.04. The Kier molecular flexibility index (Phi) is 6.81. The Morgan fingerprint density at radius 2 is 1.67 bits per heavy atom. The number of esters is 1. The predicted molar refractivity (Wildman–Crippen MR) is 104 cm³/mol. The van der Waals surface area contributed by atoms with Crippen LogP contribution in [0, 0.1) is 0 Å². The molecule has 0 aliphatic heterocycles. The maximum Gasteiger partial charge on any atom is 0.327 e. The maximum absolute atomic E-state index is 12.1. The molecule has 0 bridgehead atoms. The van der Waals surface area contributed by atoms with E-state index in [0.717, 1.165) is 10.6 Å². The molecule has 0 aliphatic rings. The molecular weight excluding hydrogens is 392 g/mol. The third-order valence-corrected chi connectivity index (χ3v) is 5.02. The van der Waals surface area contributed by atoms with Crippen molar-refractivity contribution in [1.82, 2.24) is 0 Å². The molecule has 9 heteroatoms. The van der Waals surface area contributed by atoms with Gasteiger partial charge >= 0.3 is 5.97 Å². The molecule has 0 N–H and O–H groups in total. The van der Waals surface area contributed by atoms with Crippen LogP contribution in [0.4, 0.5) is 11.4 Å². The van der Waals surface area contributed by atoms with Crippen molar-refractivity contribution < 1.29 is 22.7 Å². The number of sulfonamides is 1. The molecule has 0 heterocycles. The van der Waals surface area contributed by atoms with Gasteiger partial charge in [-0.05, 0) is 30.3 Å². The van der Waals surface area contributed by atoms with Crippen LogP contribution in [0.2, 0.25) is 5.02 Å². The number of anilines is 2. The Bertz CT molecular complexity index is 918. The number of para-hydroxylation sites is 1. The van der Waals surface area contributed by atoms with Gasteiger partial charge in [-0.1, -0.05) is 35.9 Å². The molecule has 2 rings (SSSR count). The summed E-state index contributed by atoms with van der Waals surface area (Å²) in [5.74, 6) is -1.29. The number of hydrogen-bond donors (Lipinski definition) is 0. The maximum atomic E-state index is 12.1. The van der Waals surface area contributed by atoms with Crippen molar-refractivity contribution in [3.8, 4) is 0 Å². The summed E-state index contributed by atoms with van der Waals surface area (Å²) < 4.78 is 29.8. The summed E-state index contributed by atoms with van der Waals surface area (Å²) in [5.41, 5.74) is 0.880. The lowest BCUT2D eigenvalue weighted by atomic mass is 10.3. The average molecular weight is 411 g/mol. The lowest BCUT2D eigenvalue weighted by Crippen LogP contribution is -2.37. The Morgan fingerprint density at radius 3 is 2.26 bits per heavy atom. The summed E-state index contributed by atoms with van der Waals surface area (Å²) in [7, 11) is -2.19. The normalized spacial score (nSPS) is 10.9. The van der Waals surface area contributed by atoms with E-state index in [0.29, 0.717) is 10.7 Å². The lowest BCUT2D eigenvalue weighted by Gasteiger charge is -2.22. The first kappa shape index (κ1) is 20.7. The summed E-state index contributed by atoms with van der Waals surface area (Å²) in [4.78, 5) is 25.6. The predicted octanol–water partition coefficient (Wildman–Crippen LogP) is 2.31. The first-order valence-corrected chi connectivity index (χ1v) is 10.1. The molecule has 144 valence electrons. The molecule has 0 fully saturated rings. The van der Waals surface area contributed by atoms with E-state index in [1.807, 2.05) is 6.07 Å². The van der Waals surface area contributed by atoms with Crippen LogP contribution in [-0.2, 0) is 24.3 Å². The third-order valence-electron chi connectivity index (χ3n) is 3.64. The van der Waals surface area contributed by atoms with Crippen molar-refractivity contribution in [3.63, 3.8) is 0 Å². The molecule has 7 nitrogen and oxygen atoms in total. The zero-order valence-corrected chi connectivity index (χ0v) is 16.4. The number of hydrogen-bond acceptors (Lipinski definition) is 5. The molecule has 0 saturated heterocycles. The lowest BCUT2D eigenvalue weighted by molar-refractivity contribution is -0.146. The highest BCUT2D eigenvalue weighted by molar-refractivity contribution is 7.92. The summed E-state index contributed by atoms with van der Waals surface area (Å²) in [6.07, 6.45) is 0.968. The first-order chi connectivity index (χ1) is 12.7. The second-order valence-electron chi connectivity index (χ2n) is 5.70. The van der Waals surface area contributed by atoms with Crippen molar-refractivity contribution >= 4 is 44.9 Å². The number of halogens is 1. The van der Waals surface area contributed by atoms with E-state index in [9.17, 15) is 18.0 Å². The molecule has 27 heavy (non-hydrogen) atoms. The van der Waals surface area contributed by atoms with E-state index in [1.165, 1.54) is 17.0 Å². The number of carbonyl (C=O) groups is 2. The number of carbonyl (C=O) groups excluding carboxylic acids is 2. The van der Waals surface area contributed by atoms with Crippen LogP contribution in [0.15, 0.2) is 54.6 Å². The van der Waals surface area contributed by atoms with Crippen molar-refractivity contribution in [2.45, 2.75) is 0 Å². The van der Waals surface area contributed by atoms with Crippen LogP contribution < -0.4 is 9.21 Å². The molecule has 1 amide bonds. The molecule has 0 saturated carbocycles. The number of benzene rings is 2. The smallest absolute Gasteiger partial charge is 0.327 e. The second kappa shape index (κ2) is 8.88. The van der Waals surface area contributed by atoms with Crippen molar-refractivity contribution in [2.24, 2.45) is 0 Å². The van der Waals surface area contributed by atoms with Crippen LogP contribution in [0.1, 0.15) is 0 Å². The van der Waals surface area contributed by atoms with Gasteiger partial charge in [0.15, 0.2) is 6.61 Å². The quantitative estimate of drug-likeness (QED) is 0.654. The summed E-state index contributed by atoms with van der Waals surface area (Å²) in [6, 6.07) is 14.9. The van der Waals surface area contributed by atoms with Crippen LogP contribution in [-0.4, -0.2) is 46.7 Å². The summed E-state index contributed by atoms with van der Waals surface area (Å²) in [5, 5.41) is 0.328. The zero-order chi connectivity index (χ0) is 20.0. The van der Waals surface area contributed by atoms with E-state index in [2.05, 4.69) is 0 Å². The van der Waals surface area contributed by atoms with E-state index in [1.54, 1.807) is 43.4 Å². The molecule has 0 aromatic heterocycles. The number of nitrogens with zero attached hydrogens (tertiary/aromatic N) is 2. The van der Waals surface area contributed by atoms with Gasteiger partial charge in [0.2, 0.25) is 10.0 Å². The van der Waals surface area contributed by atoms with Crippen LogP contribution in [0.25, 0.3) is 0 Å². The van der Waals surface area contributed by atoms with E-state index in [-0.39, 0.29) is 5.69 Å². The van der Waals surface area contributed by atoms with Crippen molar-refractivity contribution in [2.75, 3.05) is 35.7 Å². The largest absolute Gasteiger partial charge is 0.454 e. The SMILES string of the molecule is CN(C(=O)COC(=O)CN(c1cccc(Cl)c1)S(C)(=O)=O)c1ccccc1. The number of ether oxygens (including phenoxy) is 1. The monoisotopic (exact) mass is 410 g/mol. The fourth-order valence-corrected chi connectivity index (χ4v) is 3.25. The minimum atomic E-state index is -3.75. The van der Waals surface area contributed by atoms with Crippen molar-refractivity contribution in [1.29, 1.82) is 0 Å². The van der Waals surface area contributed by atoms with Gasteiger partial charge in [0.25, 0.3) is 5.91 Å². The molecular formula is C18H19ClN2O5S. The highest BCUT2D eigenvalue weighted by atomic mass is 35.5. The topological polar surface area (TPSA) is 84.0 Å². The Morgan fingerprint density at radius 1 is 1.04 bits per heavy atom. The molecule has 0 aliphatic carbocycles. The van der Waals surface area contributed by atoms with Gasteiger partial charge in [-0.3, -0.25) is 13.9 Å². The minimum absolute atomic E-state index is 0.231. The Hall–Kier alpha value is -2.58. The van der Waals surface area contributed by atoms with E-state index in [4.69, 9.17) is 16.3 Å². The number of rotatable bonds is 7. The highest BCUT2D eigenvalue weighted by Crippen LogP contribution is 2.21. The first-order valence-electron chi connectivity index (χ1n) is 7.89. The van der Waals surface area contributed by atoms with Crippen LogP contribution in [0.3, 0.4) is 0 Å². The van der Waals surface area contributed by atoms with Gasteiger partial charge in [-0.2, -0.15) is 0 Å². The standard InChI is InChI=1S/C18H19ClN2O5S/c1-20(15-8-4-3-5-9-15)17(22)13-26-18(23)12-21(27(2,24)25)16-10-6-7-14(19)11-16/h3-11H,12-13H2,1-2H3. The summed E-state index contributed by atoms with van der Waals surface area (Å²) >= 11 is 5.88. The zero-order valence-electron chi connectivity index (χ0n) is 14.8. The average Bonchev–Trinajstić information content (AvgIpc) is 2.63. The number of likely N-dealkylation sites (N-methyl/N-ethyl adjacent to an activating group) is 1. The van der Waals surface area contributed by atoms with Gasteiger partial charge in [-0.15, -0.1) is 0 Å². The van der Waals surface area contributed by atoms with Gasteiger partial charge in [0.05, 0.1) is 11.9 Å².